The van der Waals surface area contributed by atoms with Gasteiger partial charge in [-0.15, -0.1) is 0 Å². The standard InChI is InChI=1S/C28H25ClN2O2/c1-18-15-24-25(30-33-27(32)23-10-6-8-19-7-4-5-9-22(19)23)16-28(2,3)17-26(24)31(18)21-13-11-20(29)12-14-21/h4-15H,16-17H2,1-3H3/b30-25+. The summed E-state index contributed by atoms with van der Waals surface area (Å²) < 4.78 is 2.24. The first-order valence-electron chi connectivity index (χ1n) is 11.1. The fraction of sp³-hybridized carbons (Fsp3) is 0.214. The summed E-state index contributed by atoms with van der Waals surface area (Å²) in [6.07, 6.45) is 1.63. The highest BCUT2D eigenvalue weighted by Gasteiger charge is 2.34. The van der Waals surface area contributed by atoms with E-state index in [0.29, 0.717) is 10.6 Å². The van der Waals surface area contributed by atoms with Crippen molar-refractivity contribution in [3.8, 4) is 5.69 Å². The molecule has 0 unspecified atom stereocenters. The summed E-state index contributed by atoms with van der Waals surface area (Å²) in [5.74, 6) is -0.446. The Labute approximate surface area is 198 Å². The number of hydrogen-bond acceptors (Lipinski definition) is 3. The van der Waals surface area contributed by atoms with Crippen molar-refractivity contribution in [2.75, 3.05) is 0 Å². The number of rotatable bonds is 3. The van der Waals surface area contributed by atoms with Gasteiger partial charge in [-0.3, -0.25) is 0 Å². The molecule has 0 amide bonds. The van der Waals surface area contributed by atoms with E-state index in [4.69, 9.17) is 16.4 Å². The maximum absolute atomic E-state index is 13.0. The van der Waals surface area contributed by atoms with Crippen LogP contribution in [0.3, 0.4) is 0 Å². The summed E-state index contributed by atoms with van der Waals surface area (Å²) in [5, 5.41) is 6.96. The molecule has 0 spiro atoms. The zero-order valence-corrected chi connectivity index (χ0v) is 19.7. The Morgan fingerprint density at radius 2 is 1.73 bits per heavy atom. The Kier molecular flexibility index (Phi) is 5.34. The molecule has 5 heteroatoms. The maximum Gasteiger partial charge on any atom is 0.366 e. The number of aromatic nitrogens is 1. The van der Waals surface area contributed by atoms with Gasteiger partial charge in [0.2, 0.25) is 0 Å². The van der Waals surface area contributed by atoms with Crippen molar-refractivity contribution >= 4 is 34.1 Å². The zero-order chi connectivity index (χ0) is 23.2. The van der Waals surface area contributed by atoms with Crippen LogP contribution in [0, 0.1) is 12.3 Å². The molecule has 0 radical (unpaired) electrons. The Hall–Kier alpha value is -3.37. The fourth-order valence-electron chi connectivity index (χ4n) is 4.76. The van der Waals surface area contributed by atoms with Gasteiger partial charge >= 0.3 is 5.97 Å². The monoisotopic (exact) mass is 456 g/mol. The van der Waals surface area contributed by atoms with Crippen LogP contribution >= 0.6 is 11.6 Å². The highest BCUT2D eigenvalue weighted by molar-refractivity contribution is 6.30. The van der Waals surface area contributed by atoms with Gasteiger partial charge in [-0.25, -0.2) is 4.79 Å². The van der Waals surface area contributed by atoms with Gasteiger partial charge in [-0.2, -0.15) is 0 Å². The highest BCUT2D eigenvalue weighted by Crippen LogP contribution is 2.38. The number of carbonyl (C=O) groups excluding carboxylic acids is 1. The van der Waals surface area contributed by atoms with Gasteiger partial charge in [0.15, 0.2) is 0 Å². The number of hydrogen-bond donors (Lipinski definition) is 0. The molecule has 3 aromatic carbocycles. The molecular weight excluding hydrogens is 432 g/mol. The highest BCUT2D eigenvalue weighted by atomic mass is 35.5. The second-order valence-corrected chi connectivity index (χ2v) is 9.86. The van der Waals surface area contributed by atoms with Crippen LogP contribution in [0.25, 0.3) is 16.5 Å². The first-order chi connectivity index (χ1) is 15.8. The lowest BCUT2D eigenvalue weighted by atomic mass is 9.76. The number of carbonyl (C=O) groups is 1. The van der Waals surface area contributed by atoms with E-state index in [0.717, 1.165) is 46.3 Å². The molecule has 1 heterocycles. The smallest absolute Gasteiger partial charge is 0.318 e. The molecular formula is C28H25ClN2O2. The average molecular weight is 457 g/mol. The molecule has 5 rings (SSSR count). The minimum atomic E-state index is -0.446. The fourth-order valence-corrected chi connectivity index (χ4v) is 4.88. The topological polar surface area (TPSA) is 43.6 Å². The second kappa shape index (κ2) is 8.20. The SMILES string of the molecule is Cc1cc2c(n1-c1ccc(Cl)cc1)CC(C)(C)C/C2=N\OC(=O)c1cccc2ccccc12. The first kappa shape index (κ1) is 21.5. The Morgan fingerprint density at radius 3 is 2.52 bits per heavy atom. The van der Waals surface area contributed by atoms with Gasteiger partial charge in [0.25, 0.3) is 0 Å². The van der Waals surface area contributed by atoms with E-state index in [-0.39, 0.29) is 5.41 Å². The molecule has 0 bridgehead atoms. The predicted octanol–water partition coefficient (Wildman–Crippen LogP) is 7.13. The number of fused-ring (bicyclic) bond motifs is 2. The molecule has 0 aliphatic heterocycles. The zero-order valence-electron chi connectivity index (χ0n) is 18.9. The molecule has 1 aliphatic carbocycles. The molecule has 0 saturated heterocycles. The molecule has 33 heavy (non-hydrogen) atoms. The molecule has 4 aromatic rings. The lowest BCUT2D eigenvalue weighted by Crippen LogP contribution is -2.28. The predicted molar refractivity (Wildman–Crippen MR) is 134 cm³/mol. The molecule has 0 saturated carbocycles. The molecule has 1 aliphatic rings. The second-order valence-electron chi connectivity index (χ2n) is 9.42. The van der Waals surface area contributed by atoms with E-state index in [1.807, 2.05) is 60.7 Å². The van der Waals surface area contributed by atoms with Crippen LogP contribution < -0.4 is 0 Å². The van der Waals surface area contributed by atoms with Crippen molar-refractivity contribution in [3.05, 3.63) is 100 Å². The van der Waals surface area contributed by atoms with Crippen molar-refractivity contribution in [1.82, 2.24) is 4.57 Å². The summed E-state index contributed by atoms with van der Waals surface area (Å²) in [4.78, 5) is 18.5. The van der Waals surface area contributed by atoms with Gasteiger partial charge in [-0.05, 0) is 72.4 Å². The van der Waals surface area contributed by atoms with Gasteiger partial charge in [0, 0.05) is 27.7 Å². The van der Waals surface area contributed by atoms with Gasteiger partial charge in [0.1, 0.15) is 0 Å². The van der Waals surface area contributed by atoms with Gasteiger partial charge in [0.05, 0.1) is 11.3 Å². The van der Waals surface area contributed by atoms with Crippen LogP contribution in [-0.2, 0) is 11.3 Å². The Morgan fingerprint density at radius 1 is 1.00 bits per heavy atom. The Bertz CT molecular complexity index is 1390. The van der Waals surface area contributed by atoms with Crippen LogP contribution in [-0.4, -0.2) is 16.2 Å². The number of oxime groups is 1. The largest absolute Gasteiger partial charge is 0.366 e. The van der Waals surface area contributed by atoms with Crippen molar-refractivity contribution < 1.29 is 9.63 Å². The number of halogens is 1. The van der Waals surface area contributed by atoms with E-state index in [1.165, 1.54) is 5.69 Å². The third-order valence-electron chi connectivity index (χ3n) is 6.22. The van der Waals surface area contributed by atoms with Crippen molar-refractivity contribution in [1.29, 1.82) is 0 Å². The molecule has 1 aromatic heterocycles. The third kappa shape index (κ3) is 4.07. The summed E-state index contributed by atoms with van der Waals surface area (Å²) in [6.45, 7) is 6.51. The number of benzene rings is 3. The van der Waals surface area contributed by atoms with Gasteiger partial charge in [-0.1, -0.05) is 67.0 Å². The van der Waals surface area contributed by atoms with Crippen molar-refractivity contribution in [2.45, 2.75) is 33.6 Å². The molecule has 4 nitrogen and oxygen atoms in total. The van der Waals surface area contributed by atoms with Crippen molar-refractivity contribution in [2.24, 2.45) is 10.6 Å². The van der Waals surface area contributed by atoms with Crippen LogP contribution in [0.4, 0.5) is 0 Å². The number of nitrogens with zero attached hydrogens (tertiary/aromatic N) is 2. The normalized spacial score (nSPS) is 16.1. The summed E-state index contributed by atoms with van der Waals surface area (Å²) in [6, 6.07) is 23.4. The molecule has 0 N–H and O–H groups in total. The Balaban J connectivity index is 1.53. The van der Waals surface area contributed by atoms with E-state index < -0.39 is 5.97 Å². The summed E-state index contributed by atoms with van der Waals surface area (Å²) >= 11 is 6.11. The minimum absolute atomic E-state index is 0.0212. The summed E-state index contributed by atoms with van der Waals surface area (Å²) in [5.41, 5.74) is 5.66. The van der Waals surface area contributed by atoms with E-state index in [9.17, 15) is 4.79 Å². The first-order valence-corrected chi connectivity index (χ1v) is 11.4. The van der Waals surface area contributed by atoms with E-state index in [2.05, 4.69) is 36.6 Å². The van der Waals surface area contributed by atoms with Crippen LogP contribution in [0.1, 0.15) is 47.6 Å². The molecule has 0 atom stereocenters. The average Bonchev–Trinajstić information content (AvgIpc) is 3.12. The maximum atomic E-state index is 13.0. The lowest BCUT2D eigenvalue weighted by Gasteiger charge is -2.31. The van der Waals surface area contributed by atoms with E-state index in [1.54, 1.807) is 6.07 Å². The quantitative estimate of drug-likeness (QED) is 0.243. The van der Waals surface area contributed by atoms with Crippen LogP contribution in [0.15, 0.2) is 78.0 Å². The minimum Gasteiger partial charge on any atom is -0.318 e. The van der Waals surface area contributed by atoms with Gasteiger partial charge < -0.3 is 9.40 Å². The third-order valence-corrected chi connectivity index (χ3v) is 6.47. The lowest BCUT2D eigenvalue weighted by molar-refractivity contribution is 0.0516. The van der Waals surface area contributed by atoms with Crippen LogP contribution in [0.5, 0.6) is 0 Å². The molecule has 166 valence electrons. The summed E-state index contributed by atoms with van der Waals surface area (Å²) in [7, 11) is 0. The van der Waals surface area contributed by atoms with E-state index >= 15 is 0 Å². The molecule has 0 fully saturated rings. The number of aryl methyl sites for hydroxylation is 1. The van der Waals surface area contributed by atoms with Crippen molar-refractivity contribution in [3.63, 3.8) is 0 Å². The van der Waals surface area contributed by atoms with Crippen LogP contribution in [0.2, 0.25) is 5.02 Å².